The molecule has 150 valence electrons. The number of piperidine rings is 1. The lowest BCUT2D eigenvalue weighted by Gasteiger charge is -2.36. The predicted octanol–water partition coefficient (Wildman–Crippen LogP) is 3.67. The summed E-state index contributed by atoms with van der Waals surface area (Å²) >= 11 is 1.74. The third-order valence-electron chi connectivity index (χ3n) is 5.40. The minimum atomic E-state index is -4.49. The normalized spacial score (nSPS) is 18.3. The van der Waals surface area contributed by atoms with Crippen molar-refractivity contribution >= 4 is 23.1 Å². The van der Waals surface area contributed by atoms with Gasteiger partial charge >= 0.3 is 6.18 Å². The van der Waals surface area contributed by atoms with Crippen molar-refractivity contribution in [2.75, 3.05) is 24.5 Å². The predicted molar refractivity (Wildman–Crippen MR) is 100 cm³/mol. The molecule has 0 saturated carbocycles. The van der Waals surface area contributed by atoms with E-state index < -0.39 is 11.9 Å². The summed E-state index contributed by atoms with van der Waals surface area (Å²) in [7, 11) is 0. The van der Waals surface area contributed by atoms with Gasteiger partial charge < -0.3 is 9.80 Å². The molecule has 1 fully saturated rings. The molecule has 2 aromatic heterocycles. The highest BCUT2D eigenvalue weighted by Gasteiger charge is 2.35. The van der Waals surface area contributed by atoms with Crippen molar-refractivity contribution in [3.63, 3.8) is 0 Å². The summed E-state index contributed by atoms with van der Waals surface area (Å²) in [6.45, 7) is 3.90. The summed E-state index contributed by atoms with van der Waals surface area (Å²) in [4.78, 5) is 25.7. The van der Waals surface area contributed by atoms with Gasteiger partial charge in [0.25, 0.3) is 0 Å². The number of nitrogens with zero attached hydrogens (tertiary/aromatic N) is 4. The lowest BCUT2D eigenvalue weighted by atomic mass is 9.94. The van der Waals surface area contributed by atoms with E-state index in [4.69, 9.17) is 0 Å². The minimum absolute atomic E-state index is 0.0820. The van der Waals surface area contributed by atoms with Crippen LogP contribution in [0.2, 0.25) is 0 Å². The number of fused-ring (bicyclic) bond motifs is 1. The van der Waals surface area contributed by atoms with Crippen LogP contribution < -0.4 is 4.90 Å². The van der Waals surface area contributed by atoms with Crippen molar-refractivity contribution in [1.82, 2.24) is 14.9 Å². The standard InChI is InChI=1S/C19H21F3N4OS/c1-12-23-16(19(20,21)22)10-17(24-12)25-6-2-13(3-7-25)18(27)26-8-4-15-14(11-26)5-9-28-15/h5,9-10,13H,2-4,6-8,11H2,1H3. The van der Waals surface area contributed by atoms with Crippen molar-refractivity contribution in [3.05, 3.63) is 39.5 Å². The average molecular weight is 410 g/mol. The summed E-state index contributed by atoms with van der Waals surface area (Å²) in [6.07, 6.45) is -2.35. The Labute approximate surface area is 165 Å². The Kier molecular flexibility index (Phi) is 5.03. The number of rotatable bonds is 2. The van der Waals surface area contributed by atoms with Gasteiger partial charge in [-0.15, -0.1) is 11.3 Å². The number of thiophene rings is 1. The molecule has 0 N–H and O–H groups in total. The van der Waals surface area contributed by atoms with Gasteiger partial charge in [0.2, 0.25) is 5.91 Å². The van der Waals surface area contributed by atoms with Gasteiger partial charge in [0.05, 0.1) is 0 Å². The molecule has 0 radical (unpaired) electrons. The van der Waals surface area contributed by atoms with Gasteiger partial charge in [-0.25, -0.2) is 9.97 Å². The molecule has 0 atom stereocenters. The maximum absolute atomic E-state index is 13.0. The number of hydrogen-bond donors (Lipinski definition) is 0. The molecule has 0 aromatic carbocycles. The summed E-state index contributed by atoms with van der Waals surface area (Å²) in [5.41, 5.74) is 0.311. The maximum atomic E-state index is 13.0. The van der Waals surface area contributed by atoms with Crippen molar-refractivity contribution in [3.8, 4) is 0 Å². The highest BCUT2D eigenvalue weighted by Crippen LogP contribution is 2.32. The van der Waals surface area contributed by atoms with Crippen molar-refractivity contribution in [2.45, 2.75) is 38.9 Å². The number of halogens is 3. The van der Waals surface area contributed by atoms with Crippen LogP contribution in [0.3, 0.4) is 0 Å². The second-order valence-corrected chi connectivity index (χ2v) is 8.30. The van der Waals surface area contributed by atoms with E-state index in [2.05, 4.69) is 21.4 Å². The fraction of sp³-hybridized carbons (Fsp3) is 0.526. The molecule has 5 nitrogen and oxygen atoms in total. The molecule has 4 heterocycles. The van der Waals surface area contributed by atoms with E-state index in [9.17, 15) is 18.0 Å². The molecule has 1 saturated heterocycles. The Balaban J connectivity index is 1.40. The molecule has 2 aromatic rings. The lowest BCUT2D eigenvalue weighted by Crippen LogP contribution is -2.44. The number of aromatic nitrogens is 2. The monoisotopic (exact) mass is 410 g/mol. The van der Waals surface area contributed by atoms with E-state index in [1.807, 2.05) is 9.80 Å². The molecule has 0 bridgehead atoms. The summed E-state index contributed by atoms with van der Waals surface area (Å²) in [5, 5.41) is 2.07. The molecule has 0 aliphatic carbocycles. The van der Waals surface area contributed by atoms with E-state index in [0.29, 0.717) is 32.5 Å². The number of hydrogen-bond acceptors (Lipinski definition) is 5. The Bertz CT molecular complexity index is 874. The second kappa shape index (κ2) is 7.35. The molecule has 4 rings (SSSR count). The average Bonchev–Trinajstić information content (AvgIpc) is 3.14. The van der Waals surface area contributed by atoms with Gasteiger partial charge in [0.1, 0.15) is 17.3 Å². The number of alkyl halides is 3. The zero-order chi connectivity index (χ0) is 19.9. The molecule has 0 unspecified atom stereocenters. The van der Waals surface area contributed by atoms with Crippen LogP contribution in [-0.2, 0) is 23.9 Å². The first kappa shape index (κ1) is 19.2. The van der Waals surface area contributed by atoms with Gasteiger partial charge in [-0.1, -0.05) is 0 Å². The zero-order valence-corrected chi connectivity index (χ0v) is 16.3. The smallest absolute Gasteiger partial charge is 0.356 e. The topological polar surface area (TPSA) is 49.3 Å². The highest BCUT2D eigenvalue weighted by atomic mass is 32.1. The van der Waals surface area contributed by atoms with Crippen molar-refractivity contribution < 1.29 is 18.0 Å². The fourth-order valence-corrected chi connectivity index (χ4v) is 4.80. The first-order valence-electron chi connectivity index (χ1n) is 9.33. The number of carbonyl (C=O) groups is 1. The Morgan fingerprint density at radius 1 is 1.21 bits per heavy atom. The molecule has 0 spiro atoms. The molecule has 2 aliphatic heterocycles. The van der Waals surface area contributed by atoms with Gasteiger partial charge in [-0.3, -0.25) is 4.79 Å². The van der Waals surface area contributed by atoms with Crippen molar-refractivity contribution in [2.24, 2.45) is 5.92 Å². The molecule has 1 amide bonds. The number of aryl methyl sites for hydroxylation is 1. The van der Waals surface area contributed by atoms with E-state index in [1.165, 1.54) is 17.4 Å². The molecule has 9 heteroatoms. The van der Waals surface area contributed by atoms with Crippen LogP contribution in [0.4, 0.5) is 19.0 Å². The van der Waals surface area contributed by atoms with Crippen LogP contribution in [0.5, 0.6) is 0 Å². The van der Waals surface area contributed by atoms with Gasteiger partial charge in [-0.2, -0.15) is 13.2 Å². The number of amides is 1. The fourth-order valence-electron chi connectivity index (χ4n) is 3.91. The SMILES string of the molecule is Cc1nc(N2CCC(C(=O)N3CCc4sccc4C3)CC2)cc(C(F)(F)F)n1. The molecule has 2 aliphatic rings. The van der Waals surface area contributed by atoms with Gasteiger partial charge in [-0.05, 0) is 43.2 Å². The summed E-state index contributed by atoms with van der Waals surface area (Å²) in [5.74, 6) is 0.460. The van der Waals surface area contributed by atoms with Crippen LogP contribution in [-0.4, -0.2) is 40.4 Å². The first-order valence-corrected chi connectivity index (χ1v) is 10.2. The number of carbonyl (C=O) groups excluding carboxylic acids is 1. The van der Waals surface area contributed by atoms with Gasteiger partial charge in [0, 0.05) is 43.0 Å². The van der Waals surface area contributed by atoms with Gasteiger partial charge in [0.15, 0.2) is 0 Å². The summed E-state index contributed by atoms with van der Waals surface area (Å²) < 4.78 is 39.0. The first-order chi connectivity index (χ1) is 13.3. The van der Waals surface area contributed by atoms with E-state index in [1.54, 1.807) is 11.3 Å². The Hall–Kier alpha value is -2.16. The second-order valence-electron chi connectivity index (χ2n) is 7.30. The summed E-state index contributed by atoms with van der Waals surface area (Å²) in [6, 6.07) is 3.08. The maximum Gasteiger partial charge on any atom is 0.433 e. The molecular weight excluding hydrogens is 389 g/mol. The third kappa shape index (κ3) is 3.85. The Morgan fingerprint density at radius 2 is 1.96 bits per heavy atom. The highest BCUT2D eigenvalue weighted by molar-refractivity contribution is 7.10. The lowest BCUT2D eigenvalue weighted by molar-refractivity contribution is -0.141. The van der Waals surface area contributed by atoms with Crippen molar-refractivity contribution in [1.29, 1.82) is 0 Å². The van der Waals surface area contributed by atoms with E-state index in [-0.39, 0.29) is 23.5 Å². The number of anilines is 1. The Morgan fingerprint density at radius 3 is 2.68 bits per heavy atom. The zero-order valence-electron chi connectivity index (χ0n) is 15.5. The van der Waals surface area contributed by atoms with Crippen LogP contribution in [0.25, 0.3) is 0 Å². The van der Waals surface area contributed by atoms with E-state index >= 15 is 0 Å². The van der Waals surface area contributed by atoms with Crippen LogP contribution in [0.1, 0.15) is 34.8 Å². The largest absolute Gasteiger partial charge is 0.433 e. The quantitative estimate of drug-likeness (QED) is 0.758. The van der Waals surface area contributed by atoms with Crippen LogP contribution >= 0.6 is 11.3 Å². The third-order valence-corrected chi connectivity index (χ3v) is 6.43. The van der Waals surface area contributed by atoms with Crippen LogP contribution in [0.15, 0.2) is 17.5 Å². The van der Waals surface area contributed by atoms with E-state index in [0.717, 1.165) is 19.0 Å². The molecule has 28 heavy (non-hydrogen) atoms. The van der Waals surface area contributed by atoms with Crippen LogP contribution in [0, 0.1) is 12.8 Å². The minimum Gasteiger partial charge on any atom is -0.356 e. The molecular formula is C19H21F3N4OS.